The number of ether oxygens (including phenoxy) is 1. The lowest BCUT2D eigenvalue weighted by molar-refractivity contribution is 0.139. The summed E-state index contributed by atoms with van der Waals surface area (Å²) in [6.07, 6.45) is 0. The molecule has 0 amide bonds. The molecule has 0 saturated carbocycles. The summed E-state index contributed by atoms with van der Waals surface area (Å²) in [5, 5.41) is 8.69. The average Bonchev–Trinajstić information content (AvgIpc) is 2.03. The van der Waals surface area contributed by atoms with Crippen LogP contribution in [0.5, 0.6) is 0 Å². The number of hydrogen-bond donors (Lipinski definition) is 2. The van der Waals surface area contributed by atoms with Gasteiger partial charge in [0.25, 0.3) is 0 Å². The van der Waals surface area contributed by atoms with E-state index < -0.39 is 16.1 Å². The van der Waals surface area contributed by atoms with E-state index in [0.29, 0.717) is 0 Å². The van der Waals surface area contributed by atoms with Crippen LogP contribution in [0.25, 0.3) is 0 Å². The van der Waals surface area contributed by atoms with Gasteiger partial charge in [-0.3, -0.25) is 0 Å². The quantitative estimate of drug-likeness (QED) is 0.618. The second-order valence-corrected chi connectivity index (χ2v) is 5.23. The van der Waals surface area contributed by atoms with Crippen molar-refractivity contribution in [3.05, 3.63) is 0 Å². The molecule has 0 spiro atoms. The van der Waals surface area contributed by atoms with Gasteiger partial charge in [-0.1, -0.05) is 15.9 Å². The third kappa shape index (κ3) is 5.04. The summed E-state index contributed by atoms with van der Waals surface area (Å²) in [7, 11) is -1.89. The predicted molar refractivity (Wildman–Crippen MR) is 48.6 cm³/mol. The number of aliphatic hydroxyl groups excluding tert-OH is 1. The summed E-state index contributed by atoms with van der Waals surface area (Å²) >= 11 is 2.81. The number of hydrogen-bond acceptors (Lipinski definition) is 4. The molecule has 5 nitrogen and oxygen atoms in total. The molecule has 0 bridgehead atoms. The molecule has 2 N–H and O–H groups in total. The van der Waals surface area contributed by atoms with Crippen LogP contribution < -0.4 is 4.72 Å². The summed E-state index contributed by atoms with van der Waals surface area (Å²) < 4.78 is 28.6. The molecule has 12 heavy (non-hydrogen) atoms. The van der Waals surface area contributed by atoms with E-state index in [1.54, 1.807) is 0 Å². The molecule has 74 valence electrons. The minimum absolute atomic E-state index is 0.155. The lowest BCUT2D eigenvalue weighted by atomic mass is 10.4. The molecular weight excluding hydrogens is 250 g/mol. The van der Waals surface area contributed by atoms with Crippen molar-refractivity contribution >= 4 is 26.0 Å². The van der Waals surface area contributed by atoms with Crippen LogP contribution in [0.3, 0.4) is 0 Å². The lowest BCUT2D eigenvalue weighted by Gasteiger charge is -2.13. The molecule has 0 aliphatic carbocycles. The van der Waals surface area contributed by atoms with E-state index in [1.165, 1.54) is 7.11 Å². The van der Waals surface area contributed by atoms with E-state index in [4.69, 9.17) is 5.11 Å². The minimum Gasteiger partial charge on any atom is -0.395 e. The number of alkyl halides is 1. The Morgan fingerprint density at radius 3 is 2.58 bits per heavy atom. The Kier molecular flexibility index (Phi) is 6.02. The summed E-state index contributed by atoms with van der Waals surface area (Å²) in [5.74, 6) is 0. The van der Waals surface area contributed by atoms with Crippen LogP contribution in [0.1, 0.15) is 0 Å². The number of aliphatic hydroxyl groups is 1. The van der Waals surface area contributed by atoms with Crippen molar-refractivity contribution in [2.75, 3.05) is 25.0 Å². The second kappa shape index (κ2) is 5.87. The molecule has 0 aliphatic rings. The van der Waals surface area contributed by atoms with Crippen molar-refractivity contribution < 1.29 is 18.3 Å². The fourth-order valence-electron chi connectivity index (χ4n) is 0.611. The first-order valence-electron chi connectivity index (χ1n) is 3.21. The maximum absolute atomic E-state index is 10.9. The maximum atomic E-state index is 10.9. The summed E-state index contributed by atoms with van der Waals surface area (Å²) in [5.41, 5.74) is 0. The third-order valence-corrected chi connectivity index (χ3v) is 3.87. The van der Waals surface area contributed by atoms with Crippen molar-refractivity contribution in [3.8, 4) is 0 Å². The lowest BCUT2D eigenvalue weighted by Crippen LogP contribution is -2.40. The zero-order chi connectivity index (χ0) is 9.61. The first-order chi connectivity index (χ1) is 5.55. The minimum atomic E-state index is -3.33. The fraction of sp³-hybridized carbons (Fsp3) is 1.00. The second-order valence-electron chi connectivity index (χ2n) is 2.18. The zero-order valence-electron chi connectivity index (χ0n) is 6.66. The topological polar surface area (TPSA) is 75.6 Å². The first kappa shape index (κ1) is 12.3. The number of methoxy groups -OCH3 is 1. The highest BCUT2D eigenvalue weighted by Crippen LogP contribution is 1.94. The first-order valence-corrected chi connectivity index (χ1v) is 5.99. The Bertz CT molecular complexity index is 205. The van der Waals surface area contributed by atoms with Gasteiger partial charge in [0.1, 0.15) is 4.66 Å². The summed E-state index contributed by atoms with van der Waals surface area (Å²) in [6.45, 7) is -0.122. The molecule has 7 heteroatoms. The van der Waals surface area contributed by atoms with Gasteiger partial charge < -0.3 is 9.84 Å². The molecule has 0 saturated heterocycles. The summed E-state index contributed by atoms with van der Waals surface area (Å²) in [4.78, 5) is 0. The van der Waals surface area contributed by atoms with Crippen molar-refractivity contribution in [2.45, 2.75) is 6.04 Å². The smallest absolute Gasteiger partial charge is 0.222 e. The predicted octanol–water partition coefficient (Wildman–Crippen LogP) is -0.734. The monoisotopic (exact) mass is 261 g/mol. The Labute approximate surface area is 80.3 Å². The van der Waals surface area contributed by atoms with Crippen molar-refractivity contribution in [1.29, 1.82) is 0 Å². The Hall–Kier alpha value is 0.310. The van der Waals surface area contributed by atoms with E-state index in [1.807, 2.05) is 0 Å². The molecule has 1 atom stereocenters. The largest absolute Gasteiger partial charge is 0.395 e. The van der Waals surface area contributed by atoms with Crippen LogP contribution >= 0.6 is 15.9 Å². The van der Waals surface area contributed by atoms with Crippen molar-refractivity contribution in [3.63, 3.8) is 0 Å². The molecule has 1 unspecified atom stereocenters. The van der Waals surface area contributed by atoms with Gasteiger partial charge in [-0.05, 0) is 0 Å². The van der Waals surface area contributed by atoms with Gasteiger partial charge in [0.05, 0.1) is 19.3 Å². The van der Waals surface area contributed by atoms with Gasteiger partial charge in [0.2, 0.25) is 10.0 Å². The van der Waals surface area contributed by atoms with Crippen LogP contribution in [-0.2, 0) is 14.8 Å². The number of halogens is 1. The van der Waals surface area contributed by atoms with Gasteiger partial charge >= 0.3 is 0 Å². The number of nitrogens with one attached hydrogen (secondary N) is 1. The molecule has 0 aromatic rings. The van der Waals surface area contributed by atoms with E-state index >= 15 is 0 Å². The molecular formula is C5H12BrNO4S. The number of sulfonamides is 1. The molecule has 0 heterocycles. The van der Waals surface area contributed by atoms with Gasteiger partial charge in [-0.25, -0.2) is 13.1 Å². The highest BCUT2D eigenvalue weighted by Gasteiger charge is 2.15. The highest BCUT2D eigenvalue weighted by molar-refractivity contribution is 9.10. The van der Waals surface area contributed by atoms with Crippen LogP contribution in [0, 0.1) is 0 Å². The van der Waals surface area contributed by atoms with Crippen molar-refractivity contribution in [1.82, 2.24) is 4.72 Å². The normalized spacial score (nSPS) is 14.6. The van der Waals surface area contributed by atoms with Crippen LogP contribution in [-0.4, -0.2) is 44.6 Å². The van der Waals surface area contributed by atoms with Crippen LogP contribution in [0.4, 0.5) is 0 Å². The molecule has 0 aliphatic heterocycles. The number of rotatable bonds is 6. The summed E-state index contributed by atoms with van der Waals surface area (Å²) in [6, 6.07) is -0.572. The highest BCUT2D eigenvalue weighted by atomic mass is 79.9. The zero-order valence-corrected chi connectivity index (χ0v) is 9.06. The van der Waals surface area contributed by atoms with Gasteiger partial charge in [-0.15, -0.1) is 0 Å². The Morgan fingerprint density at radius 1 is 1.67 bits per heavy atom. The SMILES string of the molecule is COCC(CO)NS(=O)(=O)CBr. The van der Waals surface area contributed by atoms with Gasteiger partial charge in [0, 0.05) is 7.11 Å². The van der Waals surface area contributed by atoms with E-state index in [0.717, 1.165) is 0 Å². The fourth-order valence-corrected chi connectivity index (χ4v) is 1.72. The van der Waals surface area contributed by atoms with Crippen LogP contribution in [0.2, 0.25) is 0 Å². The molecule has 0 rings (SSSR count). The molecule has 0 fully saturated rings. The van der Waals surface area contributed by atoms with E-state index in [9.17, 15) is 8.42 Å². The molecule has 0 radical (unpaired) electrons. The van der Waals surface area contributed by atoms with Crippen molar-refractivity contribution in [2.24, 2.45) is 0 Å². The van der Waals surface area contributed by atoms with Crippen LogP contribution in [0.15, 0.2) is 0 Å². The van der Waals surface area contributed by atoms with E-state index in [2.05, 4.69) is 25.4 Å². The Morgan fingerprint density at radius 2 is 2.25 bits per heavy atom. The standard InChI is InChI=1S/C5H12BrNO4S/c1-11-3-5(2-8)7-12(9,10)4-6/h5,7-8H,2-4H2,1H3. The average molecular weight is 262 g/mol. The third-order valence-electron chi connectivity index (χ3n) is 1.08. The van der Waals surface area contributed by atoms with Gasteiger partial charge in [0.15, 0.2) is 0 Å². The van der Waals surface area contributed by atoms with E-state index in [-0.39, 0.29) is 17.9 Å². The molecule has 0 aromatic carbocycles. The van der Waals surface area contributed by atoms with Gasteiger partial charge in [-0.2, -0.15) is 0 Å². The molecule has 0 aromatic heterocycles. The Balaban J connectivity index is 4.02. The maximum Gasteiger partial charge on any atom is 0.222 e.